The molecule has 0 amide bonds. The van der Waals surface area contributed by atoms with Crippen LogP contribution in [0.1, 0.15) is 19.5 Å². The largest absolute Gasteiger partial charge is 0.378 e. The number of rotatable bonds is 7. The molecule has 0 aliphatic rings. The molecule has 1 heterocycles. The number of nitrogens with zero attached hydrogens (tertiary/aromatic N) is 4. The zero-order valence-electron chi connectivity index (χ0n) is 16.6. The first-order chi connectivity index (χ1) is 13.1. The van der Waals surface area contributed by atoms with Crippen LogP contribution in [-0.4, -0.2) is 38.0 Å². The quantitative estimate of drug-likeness (QED) is 0.545. The van der Waals surface area contributed by atoms with Crippen LogP contribution < -0.4 is 9.80 Å². The predicted octanol–water partition coefficient (Wildman–Crippen LogP) is 5.14. The van der Waals surface area contributed by atoms with Crippen molar-refractivity contribution in [1.29, 1.82) is 0 Å². The molecule has 3 rings (SSSR count). The van der Waals surface area contributed by atoms with Crippen molar-refractivity contribution in [2.75, 3.05) is 37.0 Å². The molecule has 2 aromatic carbocycles. The van der Waals surface area contributed by atoms with Gasteiger partial charge in [-0.1, -0.05) is 0 Å². The van der Waals surface area contributed by atoms with Gasteiger partial charge in [0.25, 0.3) is 0 Å². The Morgan fingerprint density at radius 2 is 1.48 bits per heavy atom. The van der Waals surface area contributed by atoms with E-state index in [9.17, 15) is 0 Å². The van der Waals surface area contributed by atoms with Gasteiger partial charge in [-0.3, -0.25) is 4.99 Å². The number of hydrogen-bond acceptors (Lipinski definition) is 3. The molecule has 0 bridgehead atoms. The van der Waals surface area contributed by atoms with Gasteiger partial charge in [-0.15, -0.1) is 0 Å². The van der Waals surface area contributed by atoms with Crippen molar-refractivity contribution in [1.82, 2.24) is 4.57 Å². The Labute approximate surface area is 162 Å². The van der Waals surface area contributed by atoms with Crippen LogP contribution in [0.4, 0.5) is 17.1 Å². The molecule has 0 aliphatic heterocycles. The van der Waals surface area contributed by atoms with Gasteiger partial charge in [0.2, 0.25) is 0 Å². The summed E-state index contributed by atoms with van der Waals surface area (Å²) < 4.78 is 2.15. The maximum Gasteiger partial charge on any atom is 0.0639 e. The highest BCUT2D eigenvalue weighted by atomic mass is 15.1. The van der Waals surface area contributed by atoms with E-state index in [2.05, 4.69) is 94.0 Å². The van der Waals surface area contributed by atoms with Gasteiger partial charge in [0.05, 0.1) is 17.6 Å². The highest BCUT2D eigenvalue weighted by Crippen LogP contribution is 2.21. The van der Waals surface area contributed by atoms with E-state index in [1.165, 1.54) is 11.4 Å². The fourth-order valence-electron chi connectivity index (χ4n) is 3.12. The zero-order valence-corrected chi connectivity index (χ0v) is 16.6. The minimum atomic E-state index is 0.960. The minimum absolute atomic E-state index is 0.960. The minimum Gasteiger partial charge on any atom is -0.378 e. The summed E-state index contributed by atoms with van der Waals surface area (Å²) in [4.78, 5) is 9.09. The van der Waals surface area contributed by atoms with E-state index in [0.717, 1.165) is 30.2 Å². The van der Waals surface area contributed by atoms with Crippen LogP contribution in [0.2, 0.25) is 0 Å². The van der Waals surface area contributed by atoms with Crippen LogP contribution in [0.15, 0.2) is 71.9 Å². The third kappa shape index (κ3) is 4.40. The first-order valence-corrected chi connectivity index (χ1v) is 9.46. The molecular weight excluding hydrogens is 332 g/mol. The summed E-state index contributed by atoms with van der Waals surface area (Å²) in [5, 5.41) is 0. The molecule has 0 spiro atoms. The Balaban J connectivity index is 1.78. The molecule has 0 unspecified atom stereocenters. The Kier molecular flexibility index (Phi) is 5.97. The number of anilines is 2. The summed E-state index contributed by atoms with van der Waals surface area (Å²) in [6.45, 7) is 6.38. The molecule has 0 saturated carbocycles. The lowest BCUT2D eigenvalue weighted by atomic mass is 10.2. The second kappa shape index (κ2) is 8.58. The standard InChI is InChI=1S/C23H28N4/c1-5-26(6-2)21-11-9-19(10-12-21)24-18-23-8-7-17-27(23)22-15-13-20(14-16-22)25(3)4/h7-18H,5-6H2,1-4H3. The summed E-state index contributed by atoms with van der Waals surface area (Å²) in [6.07, 6.45) is 3.99. The average molecular weight is 361 g/mol. The zero-order chi connectivity index (χ0) is 19.2. The lowest BCUT2D eigenvalue weighted by molar-refractivity contribution is 0.866. The van der Waals surface area contributed by atoms with Crippen molar-refractivity contribution in [3.8, 4) is 5.69 Å². The number of benzene rings is 2. The smallest absolute Gasteiger partial charge is 0.0639 e. The summed E-state index contributed by atoms with van der Waals surface area (Å²) in [7, 11) is 4.10. The van der Waals surface area contributed by atoms with E-state index in [-0.39, 0.29) is 0 Å². The van der Waals surface area contributed by atoms with E-state index < -0.39 is 0 Å². The lowest BCUT2D eigenvalue weighted by Gasteiger charge is -2.20. The molecular formula is C23H28N4. The van der Waals surface area contributed by atoms with Crippen molar-refractivity contribution < 1.29 is 0 Å². The van der Waals surface area contributed by atoms with Crippen LogP contribution in [0.5, 0.6) is 0 Å². The third-order valence-corrected chi connectivity index (χ3v) is 4.75. The maximum absolute atomic E-state index is 4.66. The molecule has 0 N–H and O–H groups in total. The van der Waals surface area contributed by atoms with Crippen LogP contribution in [0.3, 0.4) is 0 Å². The molecule has 3 aromatic rings. The van der Waals surface area contributed by atoms with Gasteiger partial charge >= 0.3 is 0 Å². The molecule has 4 nitrogen and oxygen atoms in total. The number of aliphatic imine (C=N–C) groups is 1. The summed E-state index contributed by atoms with van der Waals surface area (Å²) in [6, 6.07) is 21.1. The van der Waals surface area contributed by atoms with Crippen molar-refractivity contribution in [2.45, 2.75) is 13.8 Å². The topological polar surface area (TPSA) is 23.8 Å². The van der Waals surface area contributed by atoms with Gasteiger partial charge in [-0.05, 0) is 74.5 Å². The predicted molar refractivity (Wildman–Crippen MR) is 117 cm³/mol. The van der Waals surface area contributed by atoms with E-state index in [4.69, 9.17) is 0 Å². The summed E-state index contributed by atoms with van der Waals surface area (Å²) >= 11 is 0. The number of aromatic nitrogens is 1. The Hall–Kier alpha value is -3.01. The Morgan fingerprint density at radius 1 is 0.852 bits per heavy atom. The lowest BCUT2D eigenvalue weighted by Crippen LogP contribution is -2.21. The monoisotopic (exact) mass is 360 g/mol. The van der Waals surface area contributed by atoms with Crippen molar-refractivity contribution in [3.05, 3.63) is 72.6 Å². The van der Waals surface area contributed by atoms with E-state index >= 15 is 0 Å². The Morgan fingerprint density at radius 3 is 2.07 bits per heavy atom. The second-order valence-corrected chi connectivity index (χ2v) is 6.66. The highest BCUT2D eigenvalue weighted by Gasteiger charge is 2.03. The van der Waals surface area contributed by atoms with Crippen molar-refractivity contribution in [3.63, 3.8) is 0 Å². The van der Waals surface area contributed by atoms with Crippen LogP contribution >= 0.6 is 0 Å². The molecule has 0 atom stereocenters. The molecule has 0 fully saturated rings. The molecule has 0 saturated heterocycles. The fourth-order valence-corrected chi connectivity index (χ4v) is 3.12. The normalized spacial score (nSPS) is 11.1. The van der Waals surface area contributed by atoms with E-state index in [1.807, 2.05) is 26.4 Å². The van der Waals surface area contributed by atoms with Crippen molar-refractivity contribution >= 4 is 23.3 Å². The van der Waals surface area contributed by atoms with Crippen LogP contribution in [0, 0.1) is 0 Å². The first-order valence-electron chi connectivity index (χ1n) is 9.46. The van der Waals surface area contributed by atoms with Gasteiger partial charge < -0.3 is 14.4 Å². The highest BCUT2D eigenvalue weighted by molar-refractivity contribution is 5.81. The number of hydrogen-bond donors (Lipinski definition) is 0. The molecule has 27 heavy (non-hydrogen) atoms. The van der Waals surface area contributed by atoms with Crippen LogP contribution in [-0.2, 0) is 0 Å². The summed E-state index contributed by atoms with van der Waals surface area (Å²) in [5.74, 6) is 0. The SMILES string of the molecule is CCN(CC)c1ccc(N=Cc2cccn2-c2ccc(N(C)C)cc2)cc1. The molecule has 140 valence electrons. The molecule has 0 aliphatic carbocycles. The van der Waals surface area contributed by atoms with Gasteiger partial charge in [0.1, 0.15) is 0 Å². The van der Waals surface area contributed by atoms with E-state index in [1.54, 1.807) is 0 Å². The van der Waals surface area contributed by atoms with Crippen molar-refractivity contribution in [2.24, 2.45) is 4.99 Å². The van der Waals surface area contributed by atoms with Gasteiger partial charge in [0.15, 0.2) is 0 Å². The third-order valence-electron chi connectivity index (χ3n) is 4.75. The molecule has 0 radical (unpaired) electrons. The Bertz CT molecular complexity index is 870. The molecule has 4 heteroatoms. The van der Waals surface area contributed by atoms with Crippen LogP contribution in [0.25, 0.3) is 5.69 Å². The first kappa shape index (κ1) is 18.8. The van der Waals surface area contributed by atoms with Gasteiger partial charge in [-0.25, -0.2) is 0 Å². The molecule has 1 aromatic heterocycles. The summed E-state index contributed by atoms with van der Waals surface area (Å²) in [5.41, 5.74) is 5.57. The van der Waals surface area contributed by atoms with Gasteiger partial charge in [0, 0.05) is 50.4 Å². The fraction of sp³-hybridized carbons (Fsp3) is 0.261. The second-order valence-electron chi connectivity index (χ2n) is 6.66. The maximum atomic E-state index is 4.66. The van der Waals surface area contributed by atoms with Gasteiger partial charge in [-0.2, -0.15) is 0 Å². The van der Waals surface area contributed by atoms with E-state index in [0.29, 0.717) is 0 Å². The average Bonchev–Trinajstić information content (AvgIpc) is 3.17.